The Hall–Kier alpha value is -1.62. The topological polar surface area (TPSA) is 62.7 Å². The summed E-state index contributed by atoms with van der Waals surface area (Å²) in [7, 11) is 0. The Bertz CT molecular complexity index is 411. The highest BCUT2D eigenvalue weighted by Gasteiger charge is 2.20. The van der Waals surface area contributed by atoms with Crippen LogP contribution in [-0.2, 0) is 9.53 Å². The minimum absolute atomic E-state index is 0.0831. The number of carboxylic acids is 1. The zero-order chi connectivity index (χ0) is 13.7. The van der Waals surface area contributed by atoms with Gasteiger partial charge < -0.3 is 14.7 Å². The lowest BCUT2D eigenvalue weighted by molar-refractivity contribution is -0.138. The van der Waals surface area contributed by atoms with Gasteiger partial charge in [-0.05, 0) is 31.4 Å². The second-order valence-electron chi connectivity index (χ2n) is 4.89. The van der Waals surface area contributed by atoms with Gasteiger partial charge in [0.2, 0.25) is 0 Å². The average Bonchev–Trinajstić information content (AvgIpc) is 2.40. The summed E-state index contributed by atoms with van der Waals surface area (Å²) in [4.78, 5) is 17.1. The highest BCUT2D eigenvalue weighted by Crippen LogP contribution is 2.19. The molecule has 0 bridgehead atoms. The van der Waals surface area contributed by atoms with Crippen LogP contribution in [0.1, 0.15) is 24.8 Å². The molecule has 5 heteroatoms. The molecule has 2 rings (SSSR count). The first-order chi connectivity index (χ1) is 9.15. The van der Waals surface area contributed by atoms with Gasteiger partial charge in [-0.2, -0.15) is 0 Å². The first kappa shape index (κ1) is 13.8. The van der Waals surface area contributed by atoms with Crippen molar-refractivity contribution in [3.63, 3.8) is 0 Å². The molecule has 0 atom stereocenters. The number of carboxylic acid groups (broad SMARTS) is 1. The van der Waals surface area contributed by atoms with Crippen LogP contribution in [0, 0.1) is 6.92 Å². The maximum absolute atomic E-state index is 10.4. The number of ether oxygens (including phenoxy) is 1. The van der Waals surface area contributed by atoms with Crippen molar-refractivity contribution in [1.29, 1.82) is 0 Å². The number of aliphatic carboxylic acids is 1. The van der Waals surface area contributed by atoms with Crippen LogP contribution in [-0.4, -0.2) is 41.9 Å². The number of carbonyl (C=O) groups is 1. The van der Waals surface area contributed by atoms with E-state index in [0.29, 0.717) is 6.61 Å². The molecule has 19 heavy (non-hydrogen) atoms. The lowest BCUT2D eigenvalue weighted by Crippen LogP contribution is -2.37. The molecule has 0 unspecified atom stereocenters. The molecule has 1 aliphatic rings. The molecule has 1 fully saturated rings. The van der Waals surface area contributed by atoms with Gasteiger partial charge in [-0.25, -0.2) is 4.98 Å². The predicted molar refractivity (Wildman–Crippen MR) is 72.4 cm³/mol. The quantitative estimate of drug-likeness (QED) is 0.879. The van der Waals surface area contributed by atoms with E-state index in [1.807, 2.05) is 19.2 Å². The molecule has 0 saturated carbocycles. The van der Waals surface area contributed by atoms with Crippen molar-refractivity contribution in [2.24, 2.45) is 0 Å². The number of pyridine rings is 1. The fourth-order valence-electron chi connectivity index (χ4n) is 2.21. The lowest BCUT2D eigenvalue weighted by atomic mass is 10.1. The first-order valence-electron chi connectivity index (χ1n) is 6.66. The summed E-state index contributed by atoms with van der Waals surface area (Å²) in [5, 5.41) is 8.56. The Kier molecular flexibility index (Phi) is 4.74. The maximum atomic E-state index is 10.4. The number of anilines is 1. The monoisotopic (exact) mass is 264 g/mol. The Morgan fingerprint density at radius 2 is 2.21 bits per heavy atom. The molecule has 0 aromatic carbocycles. The molecule has 5 nitrogen and oxygen atoms in total. The number of hydrogen-bond acceptors (Lipinski definition) is 4. The van der Waals surface area contributed by atoms with E-state index < -0.39 is 5.97 Å². The number of aryl methyl sites for hydroxylation is 1. The van der Waals surface area contributed by atoms with E-state index in [9.17, 15) is 4.79 Å². The van der Waals surface area contributed by atoms with E-state index in [4.69, 9.17) is 9.84 Å². The van der Waals surface area contributed by atoms with Crippen LogP contribution in [0.2, 0.25) is 0 Å². The largest absolute Gasteiger partial charge is 0.481 e. The number of aromatic nitrogens is 1. The van der Waals surface area contributed by atoms with Crippen LogP contribution in [0.3, 0.4) is 0 Å². The SMILES string of the molecule is Cc1ccc(N2CCC(OCCC(=O)O)CC2)nc1. The molecule has 1 aromatic heterocycles. The van der Waals surface area contributed by atoms with Crippen LogP contribution in [0.5, 0.6) is 0 Å². The molecular weight excluding hydrogens is 244 g/mol. The molecule has 1 aromatic rings. The van der Waals surface area contributed by atoms with Crippen molar-refractivity contribution in [2.45, 2.75) is 32.3 Å². The molecule has 1 aliphatic heterocycles. The predicted octanol–water partition coefficient (Wildman–Crippen LogP) is 1.85. The van der Waals surface area contributed by atoms with Gasteiger partial charge in [0.15, 0.2) is 0 Å². The number of piperidine rings is 1. The van der Waals surface area contributed by atoms with Crippen molar-refractivity contribution in [3.8, 4) is 0 Å². The van der Waals surface area contributed by atoms with Crippen LogP contribution >= 0.6 is 0 Å². The maximum Gasteiger partial charge on any atom is 0.305 e. The third-order valence-corrected chi connectivity index (χ3v) is 3.33. The van der Waals surface area contributed by atoms with Crippen molar-refractivity contribution in [3.05, 3.63) is 23.9 Å². The first-order valence-corrected chi connectivity index (χ1v) is 6.66. The van der Waals surface area contributed by atoms with Gasteiger partial charge in [0.1, 0.15) is 5.82 Å². The molecule has 2 heterocycles. The molecule has 1 N–H and O–H groups in total. The normalized spacial score (nSPS) is 16.6. The van der Waals surface area contributed by atoms with Crippen molar-refractivity contribution >= 4 is 11.8 Å². The van der Waals surface area contributed by atoms with E-state index in [1.165, 1.54) is 0 Å². The molecule has 0 aliphatic carbocycles. The summed E-state index contributed by atoms with van der Waals surface area (Å²) in [6, 6.07) is 4.11. The van der Waals surface area contributed by atoms with E-state index in [-0.39, 0.29) is 12.5 Å². The van der Waals surface area contributed by atoms with Crippen molar-refractivity contribution in [1.82, 2.24) is 4.98 Å². The van der Waals surface area contributed by atoms with Crippen LogP contribution in [0.15, 0.2) is 18.3 Å². The van der Waals surface area contributed by atoms with Gasteiger partial charge in [0.25, 0.3) is 0 Å². The second-order valence-corrected chi connectivity index (χ2v) is 4.89. The van der Waals surface area contributed by atoms with Gasteiger partial charge in [0, 0.05) is 19.3 Å². The van der Waals surface area contributed by atoms with Gasteiger partial charge in [0.05, 0.1) is 19.1 Å². The minimum Gasteiger partial charge on any atom is -0.481 e. The molecule has 104 valence electrons. The summed E-state index contributed by atoms with van der Waals surface area (Å²) in [5.41, 5.74) is 1.16. The Morgan fingerprint density at radius 3 is 2.79 bits per heavy atom. The zero-order valence-electron chi connectivity index (χ0n) is 11.2. The Balaban J connectivity index is 1.76. The molecule has 0 spiro atoms. The standard InChI is InChI=1S/C14H20N2O3/c1-11-2-3-13(15-10-11)16-7-4-12(5-8-16)19-9-6-14(17)18/h2-3,10,12H,4-9H2,1H3,(H,17,18). The summed E-state index contributed by atoms with van der Waals surface area (Å²) < 4.78 is 5.57. The highest BCUT2D eigenvalue weighted by atomic mass is 16.5. The molecule has 0 amide bonds. The summed E-state index contributed by atoms with van der Waals surface area (Å²) in [5.74, 6) is 0.205. The van der Waals surface area contributed by atoms with Gasteiger partial charge in [-0.3, -0.25) is 4.79 Å². The van der Waals surface area contributed by atoms with E-state index in [1.54, 1.807) is 0 Å². The summed E-state index contributed by atoms with van der Waals surface area (Å²) >= 11 is 0. The summed E-state index contributed by atoms with van der Waals surface area (Å²) in [6.07, 6.45) is 4.00. The third-order valence-electron chi connectivity index (χ3n) is 3.33. The average molecular weight is 264 g/mol. The van der Waals surface area contributed by atoms with Crippen LogP contribution in [0.4, 0.5) is 5.82 Å². The van der Waals surface area contributed by atoms with E-state index >= 15 is 0 Å². The number of nitrogens with zero attached hydrogens (tertiary/aromatic N) is 2. The molecule has 1 saturated heterocycles. The Morgan fingerprint density at radius 1 is 1.47 bits per heavy atom. The van der Waals surface area contributed by atoms with Crippen molar-refractivity contribution in [2.75, 3.05) is 24.6 Å². The van der Waals surface area contributed by atoms with Crippen LogP contribution < -0.4 is 4.90 Å². The number of rotatable bonds is 5. The van der Waals surface area contributed by atoms with Gasteiger partial charge in [-0.1, -0.05) is 6.07 Å². The fourth-order valence-corrected chi connectivity index (χ4v) is 2.21. The molecule has 0 radical (unpaired) electrons. The fraction of sp³-hybridized carbons (Fsp3) is 0.571. The second kappa shape index (κ2) is 6.52. The van der Waals surface area contributed by atoms with Crippen LogP contribution in [0.25, 0.3) is 0 Å². The van der Waals surface area contributed by atoms with Crippen molar-refractivity contribution < 1.29 is 14.6 Å². The third kappa shape index (κ3) is 4.21. The smallest absolute Gasteiger partial charge is 0.305 e. The van der Waals surface area contributed by atoms with Gasteiger partial charge >= 0.3 is 5.97 Å². The number of hydrogen-bond donors (Lipinski definition) is 1. The highest BCUT2D eigenvalue weighted by molar-refractivity contribution is 5.66. The minimum atomic E-state index is -0.804. The zero-order valence-corrected chi connectivity index (χ0v) is 11.2. The van der Waals surface area contributed by atoms with E-state index in [2.05, 4.69) is 16.0 Å². The summed E-state index contributed by atoms with van der Waals surface area (Å²) in [6.45, 7) is 4.16. The Labute approximate surface area is 113 Å². The molecular formula is C14H20N2O3. The van der Waals surface area contributed by atoms with Gasteiger partial charge in [-0.15, -0.1) is 0 Å². The van der Waals surface area contributed by atoms with E-state index in [0.717, 1.165) is 37.3 Å². The lowest BCUT2D eigenvalue weighted by Gasteiger charge is -2.32.